The van der Waals surface area contributed by atoms with Crippen molar-refractivity contribution < 1.29 is 9.47 Å². The topological polar surface area (TPSA) is 18.5 Å². The number of para-hydroxylation sites is 1. The second kappa shape index (κ2) is 10.2. The van der Waals surface area contributed by atoms with Crippen LogP contribution in [0.5, 0.6) is 5.75 Å². The van der Waals surface area contributed by atoms with Crippen molar-refractivity contribution in [1.82, 2.24) is 0 Å². The summed E-state index contributed by atoms with van der Waals surface area (Å²) in [6, 6.07) is 9.68. The molecule has 0 amide bonds. The molecule has 0 radical (unpaired) electrons. The van der Waals surface area contributed by atoms with Crippen molar-refractivity contribution in [3.8, 4) is 5.75 Å². The summed E-state index contributed by atoms with van der Waals surface area (Å²) < 4.78 is 10.3. The Morgan fingerprint density at radius 1 is 0.882 bits per heavy atom. The van der Waals surface area contributed by atoms with Crippen molar-refractivity contribution in [3.05, 3.63) is 30.3 Å². The van der Waals surface area contributed by atoms with Gasteiger partial charge in [0.15, 0.2) is 0 Å². The highest BCUT2D eigenvalue weighted by Crippen LogP contribution is 2.05. The Balaban J connectivity index is 0.000000302. The first-order valence-corrected chi connectivity index (χ1v) is 6.23. The number of methoxy groups -OCH3 is 1. The van der Waals surface area contributed by atoms with Crippen molar-refractivity contribution in [2.45, 2.75) is 27.7 Å². The van der Waals surface area contributed by atoms with Crippen LogP contribution in [-0.4, -0.2) is 20.3 Å². The molecule has 17 heavy (non-hydrogen) atoms. The van der Waals surface area contributed by atoms with Crippen molar-refractivity contribution in [2.24, 2.45) is 11.8 Å². The van der Waals surface area contributed by atoms with E-state index in [0.29, 0.717) is 11.8 Å². The summed E-state index contributed by atoms with van der Waals surface area (Å²) >= 11 is 0. The van der Waals surface area contributed by atoms with Gasteiger partial charge in [-0.05, 0) is 24.0 Å². The molecule has 0 saturated carbocycles. The molecule has 2 nitrogen and oxygen atoms in total. The van der Waals surface area contributed by atoms with E-state index in [-0.39, 0.29) is 0 Å². The van der Waals surface area contributed by atoms with Crippen molar-refractivity contribution in [1.29, 1.82) is 0 Å². The van der Waals surface area contributed by atoms with E-state index in [1.165, 1.54) is 0 Å². The normalized spacial score (nSPS) is 10.1. The molecule has 0 aromatic heterocycles. The Morgan fingerprint density at radius 2 is 1.35 bits per heavy atom. The van der Waals surface area contributed by atoms with Gasteiger partial charge in [-0.25, -0.2) is 0 Å². The third-order valence-corrected chi connectivity index (χ3v) is 1.88. The fraction of sp³-hybridized carbons (Fsp3) is 0.600. The summed E-state index contributed by atoms with van der Waals surface area (Å²) in [5, 5.41) is 0. The van der Waals surface area contributed by atoms with Gasteiger partial charge in [-0.3, -0.25) is 0 Å². The monoisotopic (exact) mass is 238 g/mol. The summed E-state index contributed by atoms with van der Waals surface area (Å²) in [7, 11) is 1.66. The molecule has 0 bridgehead atoms. The van der Waals surface area contributed by atoms with E-state index in [4.69, 9.17) is 9.47 Å². The summed E-state index contributed by atoms with van der Waals surface area (Å²) in [4.78, 5) is 0. The van der Waals surface area contributed by atoms with Crippen molar-refractivity contribution in [2.75, 3.05) is 20.3 Å². The van der Waals surface area contributed by atoms with E-state index in [2.05, 4.69) is 27.7 Å². The third kappa shape index (κ3) is 11.2. The number of benzene rings is 1. The molecule has 0 fully saturated rings. The maximum absolute atomic E-state index is 5.36. The molecule has 0 N–H and O–H groups in total. The molecular weight excluding hydrogens is 212 g/mol. The Labute approximate surface area is 106 Å². The smallest absolute Gasteiger partial charge is 0.118 e. The van der Waals surface area contributed by atoms with E-state index in [9.17, 15) is 0 Å². The summed E-state index contributed by atoms with van der Waals surface area (Å²) in [6.07, 6.45) is 0. The molecule has 98 valence electrons. The van der Waals surface area contributed by atoms with Crippen LogP contribution >= 0.6 is 0 Å². The number of ether oxygens (including phenoxy) is 2. The van der Waals surface area contributed by atoms with E-state index >= 15 is 0 Å². The highest BCUT2D eigenvalue weighted by Gasteiger charge is 1.95. The molecule has 0 aliphatic heterocycles. The maximum atomic E-state index is 5.36. The lowest BCUT2D eigenvalue weighted by molar-refractivity contribution is 0.0886. The van der Waals surface area contributed by atoms with Gasteiger partial charge < -0.3 is 9.47 Å². The minimum Gasteiger partial charge on any atom is -0.497 e. The van der Waals surface area contributed by atoms with Crippen LogP contribution in [0.1, 0.15) is 27.7 Å². The predicted octanol–water partition coefficient (Wildman–Crippen LogP) is 4.01. The highest BCUT2D eigenvalue weighted by atomic mass is 16.5. The average molecular weight is 238 g/mol. The van der Waals surface area contributed by atoms with E-state index in [1.54, 1.807) is 7.11 Å². The van der Waals surface area contributed by atoms with Gasteiger partial charge in [-0.1, -0.05) is 45.9 Å². The Hall–Kier alpha value is -1.02. The zero-order chi connectivity index (χ0) is 13.1. The molecule has 1 aromatic carbocycles. The number of hydrogen-bond donors (Lipinski definition) is 0. The molecule has 1 aromatic rings. The number of hydrogen-bond acceptors (Lipinski definition) is 2. The van der Waals surface area contributed by atoms with Crippen LogP contribution in [0, 0.1) is 11.8 Å². The molecule has 0 heterocycles. The second-order valence-electron chi connectivity index (χ2n) is 4.84. The molecule has 0 aliphatic rings. The van der Waals surface area contributed by atoms with Crippen molar-refractivity contribution in [3.63, 3.8) is 0 Å². The minimum absolute atomic E-state index is 0.670. The van der Waals surface area contributed by atoms with Gasteiger partial charge in [0.1, 0.15) is 5.75 Å². The van der Waals surface area contributed by atoms with Gasteiger partial charge in [0.2, 0.25) is 0 Å². The average Bonchev–Trinajstić information content (AvgIpc) is 2.30. The van der Waals surface area contributed by atoms with Crippen LogP contribution in [0.25, 0.3) is 0 Å². The quantitative estimate of drug-likeness (QED) is 0.771. The lowest BCUT2D eigenvalue weighted by Crippen LogP contribution is -2.06. The van der Waals surface area contributed by atoms with Gasteiger partial charge in [-0.15, -0.1) is 0 Å². The van der Waals surface area contributed by atoms with Crippen molar-refractivity contribution >= 4 is 0 Å². The van der Waals surface area contributed by atoms with Crippen LogP contribution in [0.4, 0.5) is 0 Å². The van der Waals surface area contributed by atoms with Gasteiger partial charge >= 0.3 is 0 Å². The fourth-order valence-electron chi connectivity index (χ4n) is 1.10. The van der Waals surface area contributed by atoms with Crippen LogP contribution < -0.4 is 4.74 Å². The molecule has 0 atom stereocenters. The lowest BCUT2D eigenvalue weighted by Gasteiger charge is -2.07. The van der Waals surface area contributed by atoms with Gasteiger partial charge in [0, 0.05) is 13.2 Å². The Bertz CT molecular complexity index is 247. The first kappa shape index (κ1) is 16.0. The summed E-state index contributed by atoms with van der Waals surface area (Å²) in [5.41, 5.74) is 0. The van der Waals surface area contributed by atoms with E-state index in [0.717, 1.165) is 19.0 Å². The molecule has 1 rings (SSSR count). The van der Waals surface area contributed by atoms with Crippen LogP contribution in [0.15, 0.2) is 30.3 Å². The summed E-state index contributed by atoms with van der Waals surface area (Å²) in [5.74, 6) is 2.25. The van der Waals surface area contributed by atoms with Gasteiger partial charge in [0.25, 0.3) is 0 Å². The van der Waals surface area contributed by atoms with Crippen LogP contribution in [0.3, 0.4) is 0 Å². The Kier molecular flexibility index (Phi) is 9.55. The lowest BCUT2D eigenvalue weighted by atomic mass is 10.2. The predicted molar refractivity (Wildman–Crippen MR) is 73.5 cm³/mol. The Morgan fingerprint density at radius 3 is 1.65 bits per heavy atom. The van der Waals surface area contributed by atoms with E-state index in [1.807, 2.05) is 30.3 Å². The van der Waals surface area contributed by atoms with Crippen LogP contribution in [0.2, 0.25) is 0 Å². The van der Waals surface area contributed by atoms with Crippen LogP contribution in [-0.2, 0) is 4.74 Å². The number of rotatable bonds is 5. The molecule has 0 saturated heterocycles. The first-order chi connectivity index (χ1) is 8.06. The largest absolute Gasteiger partial charge is 0.497 e. The third-order valence-electron chi connectivity index (χ3n) is 1.88. The fourth-order valence-corrected chi connectivity index (χ4v) is 1.10. The zero-order valence-corrected chi connectivity index (χ0v) is 11.8. The second-order valence-corrected chi connectivity index (χ2v) is 4.84. The zero-order valence-electron chi connectivity index (χ0n) is 11.8. The van der Waals surface area contributed by atoms with Gasteiger partial charge in [-0.2, -0.15) is 0 Å². The molecule has 2 heteroatoms. The van der Waals surface area contributed by atoms with E-state index < -0.39 is 0 Å². The summed E-state index contributed by atoms with van der Waals surface area (Å²) in [6.45, 7) is 10.5. The highest BCUT2D eigenvalue weighted by molar-refractivity contribution is 5.20. The molecule has 0 spiro atoms. The molecule has 0 aliphatic carbocycles. The SMILES string of the molecule is CC(C)COCC(C)C.COc1ccccc1. The van der Waals surface area contributed by atoms with Gasteiger partial charge in [0.05, 0.1) is 7.11 Å². The maximum Gasteiger partial charge on any atom is 0.118 e. The molecule has 0 unspecified atom stereocenters. The first-order valence-electron chi connectivity index (χ1n) is 6.23. The minimum atomic E-state index is 0.670. The molecular formula is C15H26O2. The standard InChI is InChI=1S/C8H18O.C7H8O/c1-7(2)5-9-6-8(3)4;1-8-7-5-3-2-4-6-7/h7-8H,5-6H2,1-4H3;2-6H,1H3.